The van der Waals surface area contributed by atoms with E-state index in [1.54, 1.807) is 0 Å². The minimum absolute atomic E-state index is 0.623. The van der Waals surface area contributed by atoms with Crippen LogP contribution in [0.3, 0.4) is 0 Å². The van der Waals surface area contributed by atoms with Gasteiger partial charge >= 0.3 is 5.97 Å². The number of carbonyl (C=O) groups excluding carboxylic acids is 1. The molecule has 1 atom stereocenters. The van der Waals surface area contributed by atoms with Gasteiger partial charge in [-0.1, -0.05) is 0 Å². The Morgan fingerprint density at radius 2 is 2.09 bits per heavy atom. The van der Waals surface area contributed by atoms with Crippen molar-refractivity contribution in [2.75, 3.05) is 7.11 Å². The van der Waals surface area contributed by atoms with E-state index >= 15 is 0 Å². The molecule has 0 spiro atoms. The maximum Gasteiger partial charge on any atom is 0.326 e. The molecule has 0 rings (SSSR count). The second-order valence-corrected chi connectivity index (χ2v) is 3.13. The molecule has 0 aromatic rings. The molecule has 0 aliphatic carbocycles. The van der Waals surface area contributed by atoms with E-state index in [1.165, 1.54) is 21.0 Å². The van der Waals surface area contributed by atoms with Gasteiger partial charge < -0.3 is 9.29 Å². The second-order valence-electron chi connectivity index (χ2n) is 2.45. The minimum atomic E-state index is -2.46. The van der Waals surface area contributed by atoms with Gasteiger partial charge in [-0.15, -0.1) is 0 Å². The molecule has 6 heteroatoms. The topological polar surface area (TPSA) is 78.5 Å². The van der Waals surface area contributed by atoms with Crippen LogP contribution in [0.4, 0.5) is 0 Å². The average Bonchev–Trinajstić information content (AvgIpc) is 1.83. The fourth-order valence-corrected chi connectivity index (χ4v) is 1.01. The lowest BCUT2D eigenvalue weighted by Gasteiger charge is -2.23. The van der Waals surface area contributed by atoms with Crippen molar-refractivity contribution in [1.29, 1.82) is 0 Å². The van der Waals surface area contributed by atoms with E-state index in [4.69, 9.17) is 0 Å². The highest BCUT2D eigenvalue weighted by Crippen LogP contribution is 2.03. The smallest absolute Gasteiger partial charge is 0.326 e. The molecule has 0 aromatic carbocycles. The second kappa shape index (κ2) is 3.80. The van der Waals surface area contributed by atoms with Crippen molar-refractivity contribution in [1.82, 2.24) is 4.72 Å². The summed E-state index contributed by atoms with van der Waals surface area (Å²) in [7, 11) is 1.19. The maximum atomic E-state index is 10.8. The van der Waals surface area contributed by atoms with Crippen LogP contribution in [0.1, 0.15) is 13.8 Å². The summed E-state index contributed by atoms with van der Waals surface area (Å²) >= 11 is -2.46. The lowest BCUT2D eigenvalue weighted by molar-refractivity contribution is -0.146. The van der Waals surface area contributed by atoms with Crippen LogP contribution in [0.5, 0.6) is 0 Å². The van der Waals surface area contributed by atoms with Gasteiger partial charge in [0.1, 0.15) is 5.54 Å². The van der Waals surface area contributed by atoms with Crippen molar-refractivity contribution in [3.8, 4) is 0 Å². The number of esters is 1. The molecule has 0 radical (unpaired) electrons. The highest BCUT2D eigenvalue weighted by Gasteiger charge is 2.28. The van der Waals surface area contributed by atoms with Crippen molar-refractivity contribution in [2.24, 2.45) is 0 Å². The van der Waals surface area contributed by atoms with Crippen molar-refractivity contribution in [3.63, 3.8) is 0 Å². The Morgan fingerprint density at radius 1 is 1.64 bits per heavy atom. The van der Waals surface area contributed by atoms with Crippen LogP contribution in [0, 0.1) is 0 Å². The number of hydrogen-bond acceptors (Lipinski definition) is 4. The third kappa shape index (κ3) is 3.45. The third-order valence-electron chi connectivity index (χ3n) is 1.03. The molecule has 66 valence electrons. The first kappa shape index (κ1) is 10.5. The van der Waals surface area contributed by atoms with E-state index < -0.39 is 22.8 Å². The molecule has 0 aliphatic rings. The zero-order valence-corrected chi connectivity index (χ0v) is 7.36. The van der Waals surface area contributed by atoms with Crippen LogP contribution in [0.15, 0.2) is 0 Å². The van der Waals surface area contributed by atoms with Gasteiger partial charge in [-0.2, -0.15) is 0 Å². The first-order chi connectivity index (χ1) is 4.90. The summed E-state index contributed by atoms with van der Waals surface area (Å²) in [4.78, 5) is 10.8. The summed E-state index contributed by atoms with van der Waals surface area (Å²) in [5.74, 6) is -0.623. The summed E-state index contributed by atoms with van der Waals surface area (Å²) in [5, 5.41) is 0. The fourth-order valence-electron chi connectivity index (χ4n) is 0.505. The first-order valence-corrected chi connectivity index (χ1v) is 3.93. The van der Waals surface area contributed by atoms with Gasteiger partial charge in [0, 0.05) is 11.3 Å². The predicted octanol–water partition coefficient (Wildman–Crippen LogP) is -0.678. The number of nitrogens with one attached hydrogen (secondary N) is 1. The maximum absolute atomic E-state index is 10.8. The lowest BCUT2D eigenvalue weighted by Crippen LogP contribution is -2.48. The average molecular weight is 180 g/mol. The van der Waals surface area contributed by atoms with Gasteiger partial charge in [-0.05, 0) is 13.8 Å². The van der Waals surface area contributed by atoms with Crippen LogP contribution in [-0.4, -0.2) is 27.4 Å². The highest BCUT2D eigenvalue weighted by atomic mass is 32.2. The van der Waals surface area contributed by atoms with E-state index in [1.807, 2.05) is 4.72 Å². The lowest BCUT2D eigenvalue weighted by atomic mass is 10.1. The van der Waals surface area contributed by atoms with Crippen LogP contribution in [0.25, 0.3) is 0 Å². The monoisotopic (exact) mass is 180 g/mol. The third-order valence-corrected chi connectivity index (χ3v) is 1.71. The molecule has 1 N–H and O–H groups in total. The summed E-state index contributed by atoms with van der Waals surface area (Å²) in [5.41, 5.74) is -1.19. The quantitative estimate of drug-likeness (QED) is 0.461. The molecule has 0 fully saturated rings. The van der Waals surface area contributed by atoms with Gasteiger partial charge in [0.05, 0.1) is 7.11 Å². The molecule has 0 amide bonds. The van der Waals surface area contributed by atoms with Gasteiger partial charge in [-0.3, -0.25) is 9.00 Å². The molecular weight excluding hydrogens is 170 g/mol. The minimum Gasteiger partial charge on any atom is -0.760 e. The standard InChI is InChI=1S/C5H11NO4S/c1-5(2,4(7)10-3)6-11(8)9/h6H,1-3H3,(H,8,9)/p-1. The molecular formula is C5H10NO4S-. The Morgan fingerprint density at radius 3 is 2.36 bits per heavy atom. The summed E-state index contributed by atoms with van der Waals surface area (Å²) in [6.07, 6.45) is 0. The normalized spacial score (nSPS) is 14.2. The van der Waals surface area contributed by atoms with E-state index in [0.717, 1.165) is 0 Å². The molecule has 0 saturated carbocycles. The number of methoxy groups -OCH3 is 1. The molecule has 0 saturated heterocycles. The molecule has 11 heavy (non-hydrogen) atoms. The van der Waals surface area contributed by atoms with Crippen molar-refractivity contribution in [3.05, 3.63) is 0 Å². The van der Waals surface area contributed by atoms with Crippen molar-refractivity contribution in [2.45, 2.75) is 19.4 Å². The SMILES string of the molecule is COC(=O)C(C)(C)NS(=O)[O-]. The molecule has 1 unspecified atom stereocenters. The largest absolute Gasteiger partial charge is 0.760 e. The number of carbonyl (C=O) groups is 1. The Labute approximate surface area is 67.5 Å². The molecule has 5 nitrogen and oxygen atoms in total. The van der Waals surface area contributed by atoms with Crippen LogP contribution >= 0.6 is 0 Å². The van der Waals surface area contributed by atoms with Crippen LogP contribution in [0.2, 0.25) is 0 Å². The van der Waals surface area contributed by atoms with E-state index in [0.29, 0.717) is 0 Å². The van der Waals surface area contributed by atoms with Gasteiger partial charge in [0.25, 0.3) is 0 Å². The zero-order valence-electron chi connectivity index (χ0n) is 6.54. The Balaban J connectivity index is 4.21. The number of ether oxygens (including phenoxy) is 1. The van der Waals surface area contributed by atoms with E-state index in [-0.39, 0.29) is 0 Å². The molecule has 0 heterocycles. The fraction of sp³-hybridized carbons (Fsp3) is 0.800. The zero-order chi connectivity index (χ0) is 9.07. The van der Waals surface area contributed by atoms with Crippen molar-refractivity contribution >= 4 is 17.2 Å². The van der Waals surface area contributed by atoms with Crippen molar-refractivity contribution < 1.29 is 18.3 Å². The number of hydrogen-bond donors (Lipinski definition) is 1. The van der Waals surface area contributed by atoms with E-state index in [9.17, 15) is 13.6 Å². The summed E-state index contributed by atoms with van der Waals surface area (Å²) in [6, 6.07) is 0. The van der Waals surface area contributed by atoms with Gasteiger partial charge in [0.2, 0.25) is 0 Å². The predicted molar refractivity (Wildman–Crippen MR) is 38.2 cm³/mol. The Bertz CT molecular complexity index is 179. The van der Waals surface area contributed by atoms with Gasteiger partial charge in [0.15, 0.2) is 0 Å². The Kier molecular flexibility index (Phi) is 3.64. The molecule has 0 aliphatic heterocycles. The molecule has 0 bridgehead atoms. The summed E-state index contributed by atoms with van der Waals surface area (Å²) < 4.78 is 26.6. The van der Waals surface area contributed by atoms with Gasteiger partial charge in [-0.25, -0.2) is 4.72 Å². The highest BCUT2D eigenvalue weighted by molar-refractivity contribution is 7.77. The van der Waals surface area contributed by atoms with Crippen LogP contribution < -0.4 is 4.72 Å². The number of rotatable bonds is 3. The first-order valence-electron chi connectivity index (χ1n) is 2.85. The van der Waals surface area contributed by atoms with E-state index in [2.05, 4.69) is 4.74 Å². The molecule has 0 aromatic heterocycles. The summed E-state index contributed by atoms with van der Waals surface area (Å²) in [6.45, 7) is 2.82. The van der Waals surface area contributed by atoms with Crippen LogP contribution in [-0.2, 0) is 20.8 Å². The Hall–Kier alpha value is -0.460.